The van der Waals surface area contributed by atoms with Crippen LogP contribution in [-0.4, -0.2) is 35.3 Å². The Morgan fingerprint density at radius 3 is 2.89 bits per heavy atom. The van der Waals surface area contributed by atoms with Gasteiger partial charge in [-0.05, 0) is 32.8 Å². The maximum absolute atomic E-state index is 10.9. The molecule has 0 bridgehead atoms. The number of carboxylic acid groups (broad SMARTS) is 1. The summed E-state index contributed by atoms with van der Waals surface area (Å²) >= 11 is 0. The molecule has 0 aromatic carbocycles. The quantitative estimate of drug-likeness (QED) is 0.623. The number of aromatic nitrogens is 1. The summed E-state index contributed by atoms with van der Waals surface area (Å²) < 4.78 is 5.42. The molecule has 1 heterocycles. The van der Waals surface area contributed by atoms with Gasteiger partial charge in [-0.25, -0.2) is 9.78 Å². The van der Waals surface area contributed by atoms with Gasteiger partial charge in [0, 0.05) is 13.2 Å². The van der Waals surface area contributed by atoms with E-state index in [1.165, 1.54) is 12.3 Å². The molecule has 0 atom stereocenters. The fourth-order valence-electron chi connectivity index (χ4n) is 1.51. The van der Waals surface area contributed by atoms with E-state index in [0.29, 0.717) is 5.82 Å². The minimum atomic E-state index is -1.05. The predicted octanol–water partition coefficient (Wildman–Crippen LogP) is 1.98. The van der Waals surface area contributed by atoms with Crippen molar-refractivity contribution in [2.45, 2.75) is 32.8 Å². The molecule has 1 rings (SSSR count). The topological polar surface area (TPSA) is 97.5 Å². The Morgan fingerprint density at radius 1 is 1.53 bits per heavy atom. The van der Waals surface area contributed by atoms with Crippen LogP contribution < -0.4 is 11.1 Å². The lowest BCUT2D eigenvalue weighted by Gasteiger charge is -2.09. The summed E-state index contributed by atoms with van der Waals surface area (Å²) in [4.78, 5) is 14.9. The standard InChI is InChI=1S/C13H21N3O3/c1-9(2)19-6-4-3-5-15-12-7-10(13(17)18)11(14)8-16-12/h7-9H,3-6,14H2,1-2H3,(H,15,16)(H,17,18). The van der Waals surface area contributed by atoms with Crippen LogP contribution in [0.15, 0.2) is 12.3 Å². The third-order valence-electron chi connectivity index (χ3n) is 2.49. The first kappa shape index (κ1) is 15.2. The van der Waals surface area contributed by atoms with E-state index in [4.69, 9.17) is 15.6 Å². The maximum Gasteiger partial charge on any atom is 0.337 e. The van der Waals surface area contributed by atoms with Crippen LogP contribution in [-0.2, 0) is 4.74 Å². The van der Waals surface area contributed by atoms with Crippen molar-refractivity contribution < 1.29 is 14.6 Å². The minimum absolute atomic E-state index is 0.0700. The first-order chi connectivity index (χ1) is 9.00. The van der Waals surface area contributed by atoms with Gasteiger partial charge in [0.2, 0.25) is 0 Å². The van der Waals surface area contributed by atoms with E-state index in [1.54, 1.807) is 0 Å². The molecule has 4 N–H and O–H groups in total. The van der Waals surface area contributed by atoms with E-state index >= 15 is 0 Å². The third kappa shape index (κ3) is 5.56. The molecule has 0 radical (unpaired) electrons. The van der Waals surface area contributed by atoms with Crippen molar-refractivity contribution in [1.29, 1.82) is 0 Å². The summed E-state index contributed by atoms with van der Waals surface area (Å²) in [6.45, 7) is 5.46. The summed E-state index contributed by atoms with van der Waals surface area (Å²) in [6, 6.07) is 1.45. The predicted molar refractivity (Wildman–Crippen MR) is 74.4 cm³/mol. The fraction of sp³-hybridized carbons (Fsp3) is 0.538. The molecule has 19 heavy (non-hydrogen) atoms. The number of hydrogen-bond acceptors (Lipinski definition) is 5. The molecule has 106 valence electrons. The first-order valence-corrected chi connectivity index (χ1v) is 6.35. The Kier molecular flexibility index (Phi) is 6.08. The number of rotatable bonds is 8. The van der Waals surface area contributed by atoms with Crippen LogP contribution in [0.2, 0.25) is 0 Å². The molecule has 0 fully saturated rings. The van der Waals surface area contributed by atoms with Crippen LogP contribution in [0.1, 0.15) is 37.0 Å². The van der Waals surface area contributed by atoms with E-state index in [2.05, 4.69) is 10.3 Å². The van der Waals surface area contributed by atoms with Crippen molar-refractivity contribution in [3.63, 3.8) is 0 Å². The lowest BCUT2D eigenvalue weighted by molar-refractivity contribution is 0.0697. The van der Waals surface area contributed by atoms with Gasteiger partial charge in [-0.2, -0.15) is 0 Å². The lowest BCUT2D eigenvalue weighted by atomic mass is 10.2. The highest BCUT2D eigenvalue weighted by atomic mass is 16.5. The molecule has 1 aromatic rings. The van der Waals surface area contributed by atoms with Gasteiger partial charge in [0.25, 0.3) is 0 Å². The number of nitrogens with one attached hydrogen (secondary N) is 1. The molecule has 0 aliphatic carbocycles. The number of carbonyl (C=O) groups is 1. The average molecular weight is 267 g/mol. The SMILES string of the molecule is CC(C)OCCCCNc1cc(C(=O)O)c(N)cn1. The fourth-order valence-corrected chi connectivity index (χ4v) is 1.51. The average Bonchev–Trinajstić information content (AvgIpc) is 2.34. The number of pyridine rings is 1. The summed E-state index contributed by atoms with van der Waals surface area (Å²) in [5, 5.41) is 12.0. The number of ether oxygens (including phenoxy) is 1. The molecular weight excluding hydrogens is 246 g/mol. The molecule has 1 aromatic heterocycles. The van der Waals surface area contributed by atoms with Crippen LogP contribution in [0.25, 0.3) is 0 Å². The number of nitrogens with zero attached hydrogens (tertiary/aromatic N) is 1. The highest BCUT2D eigenvalue weighted by Crippen LogP contribution is 2.14. The van der Waals surface area contributed by atoms with Gasteiger partial charge in [-0.3, -0.25) is 0 Å². The highest BCUT2D eigenvalue weighted by molar-refractivity contribution is 5.94. The number of nitrogens with two attached hydrogens (primary N) is 1. The summed E-state index contributed by atoms with van der Waals surface area (Å²) in [5.74, 6) is -0.523. The second-order valence-corrected chi connectivity index (χ2v) is 4.52. The second kappa shape index (κ2) is 7.58. The zero-order valence-electron chi connectivity index (χ0n) is 11.3. The normalized spacial score (nSPS) is 10.7. The molecule has 6 nitrogen and oxygen atoms in total. The van der Waals surface area contributed by atoms with Crippen LogP contribution in [0.5, 0.6) is 0 Å². The molecule has 0 aliphatic heterocycles. The molecule has 0 aliphatic rings. The van der Waals surface area contributed by atoms with E-state index < -0.39 is 5.97 Å². The Balaban J connectivity index is 2.34. The Labute approximate surface area is 113 Å². The number of anilines is 2. The zero-order chi connectivity index (χ0) is 14.3. The number of aromatic carboxylic acids is 1. The van der Waals surface area contributed by atoms with Crippen molar-refractivity contribution in [3.05, 3.63) is 17.8 Å². The summed E-state index contributed by atoms with van der Waals surface area (Å²) in [7, 11) is 0. The number of carboxylic acids is 1. The maximum atomic E-state index is 10.9. The summed E-state index contributed by atoms with van der Waals surface area (Å²) in [5.41, 5.74) is 5.77. The van der Waals surface area contributed by atoms with Crippen molar-refractivity contribution in [3.8, 4) is 0 Å². The largest absolute Gasteiger partial charge is 0.478 e. The number of unbranched alkanes of at least 4 members (excludes halogenated alkanes) is 1. The van der Waals surface area contributed by atoms with E-state index in [0.717, 1.165) is 26.0 Å². The molecule has 6 heteroatoms. The van der Waals surface area contributed by atoms with Gasteiger partial charge < -0.3 is 20.9 Å². The zero-order valence-corrected chi connectivity index (χ0v) is 11.3. The third-order valence-corrected chi connectivity index (χ3v) is 2.49. The second-order valence-electron chi connectivity index (χ2n) is 4.52. The van der Waals surface area contributed by atoms with Crippen LogP contribution in [0, 0.1) is 0 Å². The van der Waals surface area contributed by atoms with Gasteiger partial charge in [-0.15, -0.1) is 0 Å². The Hall–Kier alpha value is -1.82. The van der Waals surface area contributed by atoms with Gasteiger partial charge in [0.1, 0.15) is 5.82 Å². The monoisotopic (exact) mass is 267 g/mol. The molecule has 0 saturated heterocycles. The Bertz CT molecular complexity index is 422. The Morgan fingerprint density at radius 2 is 2.26 bits per heavy atom. The minimum Gasteiger partial charge on any atom is -0.478 e. The van der Waals surface area contributed by atoms with E-state index in [1.807, 2.05) is 13.8 Å². The van der Waals surface area contributed by atoms with Gasteiger partial charge in [-0.1, -0.05) is 0 Å². The molecule has 0 unspecified atom stereocenters. The summed E-state index contributed by atoms with van der Waals surface area (Å²) in [6.07, 6.45) is 3.49. The van der Waals surface area contributed by atoms with Gasteiger partial charge >= 0.3 is 5.97 Å². The molecule has 0 spiro atoms. The molecular formula is C13H21N3O3. The molecule has 0 saturated carbocycles. The van der Waals surface area contributed by atoms with Crippen molar-refractivity contribution in [2.24, 2.45) is 0 Å². The van der Waals surface area contributed by atoms with Crippen molar-refractivity contribution in [2.75, 3.05) is 24.2 Å². The van der Waals surface area contributed by atoms with Gasteiger partial charge in [0.15, 0.2) is 0 Å². The lowest BCUT2D eigenvalue weighted by Crippen LogP contribution is -2.09. The smallest absolute Gasteiger partial charge is 0.337 e. The van der Waals surface area contributed by atoms with Crippen molar-refractivity contribution in [1.82, 2.24) is 4.98 Å². The first-order valence-electron chi connectivity index (χ1n) is 6.35. The number of nitrogen functional groups attached to an aromatic ring is 1. The highest BCUT2D eigenvalue weighted by Gasteiger charge is 2.09. The van der Waals surface area contributed by atoms with Crippen molar-refractivity contribution >= 4 is 17.5 Å². The van der Waals surface area contributed by atoms with Crippen LogP contribution in [0.4, 0.5) is 11.5 Å². The molecule has 0 amide bonds. The van der Waals surface area contributed by atoms with Crippen LogP contribution in [0.3, 0.4) is 0 Å². The van der Waals surface area contributed by atoms with Crippen LogP contribution >= 0.6 is 0 Å². The van der Waals surface area contributed by atoms with E-state index in [9.17, 15) is 4.79 Å². The number of hydrogen-bond donors (Lipinski definition) is 3. The van der Waals surface area contributed by atoms with Gasteiger partial charge in [0.05, 0.1) is 23.6 Å². The van der Waals surface area contributed by atoms with E-state index in [-0.39, 0.29) is 17.4 Å².